The highest BCUT2D eigenvalue weighted by Gasteiger charge is 2.34. The molecule has 1 aromatic rings. The van der Waals surface area contributed by atoms with Gasteiger partial charge in [0, 0.05) is 23.8 Å². The first-order valence-electron chi connectivity index (χ1n) is 8.11. The number of methoxy groups -OCH3 is 1. The van der Waals surface area contributed by atoms with Crippen molar-refractivity contribution in [2.75, 3.05) is 19.0 Å². The maximum absolute atomic E-state index is 5.39. The molecule has 3 unspecified atom stereocenters. The normalized spacial score (nSPS) is 29.3. The Labute approximate surface area is 136 Å². The molecule has 3 rings (SSSR count). The second-order valence-corrected chi connectivity index (χ2v) is 7.11. The highest BCUT2D eigenvalue weighted by atomic mass is 79.9. The third-order valence-electron chi connectivity index (χ3n) is 4.94. The monoisotopic (exact) mass is 352 g/mol. The number of nitrogens with one attached hydrogen (secondary N) is 2. The van der Waals surface area contributed by atoms with E-state index in [1.165, 1.54) is 50.8 Å². The molecule has 116 valence electrons. The second kappa shape index (κ2) is 7.01. The van der Waals surface area contributed by atoms with E-state index >= 15 is 0 Å². The van der Waals surface area contributed by atoms with Crippen LogP contribution < -0.4 is 15.4 Å². The summed E-state index contributed by atoms with van der Waals surface area (Å²) in [5.74, 6) is 1.66. The van der Waals surface area contributed by atoms with Gasteiger partial charge in [0.05, 0.1) is 11.6 Å². The molecule has 1 heterocycles. The zero-order valence-electron chi connectivity index (χ0n) is 12.7. The fourth-order valence-electron chi connectivity index (χ4n) is 3.86. The van der Waals surface area contributed by atoms with Crippen LogP contribution in [-0.2, 0) is 0 Å². The molecule has 0 aromatic heterocycles. The van der Waals surface area contributed by atoms with Gasteiger partial charge >= 0.3 is 0 Å². The van der Waals surface area contributed by atoms with E-state index in [4.69, 9.17) is 4.74 Å². The Morgan fingerprint density at radius 2 is 2.10 bits per heavy atom. The average molecular weight is 353 g/mol. The van der Waals surface area contributed by atoms with Gasteiger partial charge in [-0.3, -0.25) is 0 Å². The van der Waals surface area contributed by atoms with Gasteiger partial charge in [0.2, 0.25) is 0 Å². The molecular weight excluding hydrogens is 328 g/mol. The molecule has 3 atom stereocenters. The highest BCUT2D eigenvalue weighted by molar-refractivity contribution is 9.10. The Morgan fingerprint density at radius 3 is 2.86 bits per heavy atom. The fraction of sp³-hybridized carbons (Fsp3) is 0.647. The Balaban J connectivity index is 1.68. The zero-order chi connectivity index (χ0) is 14.7. The van der Waals surface area contributed by atoms with Crippen molar-refractivity contribution in [1.29, 1.82) is 0 Å². The predicted molar refractivity (Wildman–Crippen MR) is 91.1 cm³/mol. The molecule has 2 aliphatic rings. The van der Waals surface area contributed by atoms with Crippen LogP contribution in [0.5, 0.6) is 5.75 Å². The fourth-order valence-corrected chi connectivity index (χ4v) is 4.27. The summed E-state index contributed by atoms with van der Waals surface area (Å²) in [4.78, 5) is 0. The Morgan fingerprint density at radius 1 is 1.19 bits per heavy atom. The molecule has 0 radical (unpaired) electrons. The van der Waals surface area contributed by atoms with E-state index < -0.39 is 0 Å². The van der Waals surface area contributed by atoms with E-state index in [9.17, 15) is 0 Å². The lowest BCUT2D eigenvalue weighted by Crippen LogP contribution is -2.44. The van der Waals surface area contributed by atoms with Crippen molar-refractivity contribution in [2.24, 2.45) is 5.92 Å². The lowest BCUT2D eigenvalue weighted by Gasteiger charge is -2.33. The third-order valence-corrected chi connectivity index (χ3v) is 5.59. The SMILES string of the molecule is COc1cc(NC2CCCC2C2CCCCN2)ccc1Br. The predicted octanol–water partition coefficient (Wildman–Crippen LogP) is 4.18. The highest BCUT2D eigenvalue weighted by Crippen LogP contribution is 2.35. The van der Waals surface area contributed by atoms with Gasteiger partial charge in [0.15, 0.2) is 0 Å². The Hall–Kier alpha value is -0.740. The molecule has 3 nitrogen and oxygen atoms in total. The lowest BCUT2D eigenvalue weighted by atomic mass is 9.88. The standard InChI is InChI=1S/C17H25BrN2O/c1-21-17-11-12(8-9-14(17)18)20-16-7-4-5-13(16)15-6-2-3-10-19-15/h8-9,11,13,15-16,19-20H,2-7,10H2,1H3. The van der Waals surface area contributed by atoms with Crippen molar-refractivity contribution in [3.63, 3.8) is 0 Å². The largest absolute Gasteiger partial charge is 0.495 e. The summed E-state index contributed by atoms with van der Waals surface area (Å²) in [6, 6.07) is 7.58. The molecule has 1 saturated heterocycles. The molecule has 21 heavy (non-hydrogen) atoms. The molecule has 0 amide bonds. The van der Waals surface area contributed by atoms with Crippen molar-refractivity contribution < 1.29 is 4.74 Å². The van der Waals surface area contributed by atoms with E-state index in [2.05, 4.69) is 44.8 Å². The van der Waals surface area contributed by atoms with E-state index in [1.54, 1.807) is 7.11 Å². The van der Waals surface area contributed by atoms with Crippen LogP contribution >= 0.6 is 15.9 Å². The van der Waals surface area contributed by atoms with Crippen molar-refractivity contribution in [1.82, 2.24) is 5.32 Å². The average Bonchev–Trinajstić information content (AvgIpc) is 2.98. The molecular formula is C17H25BrN2O. The van der Waals surface area contributed by atoms with Crippen molar-refractivity contribution >= 4 is 21.6 Å². The van der Waals surface area contributed by atoms with Crippen LogP contribution in [0.4, 0.5) is 5.69 Å². The topological polar surface area (TPSA) is 33.3 Å². The first-order valence-corrected chi connectivity index (χ1v) is 8.90. The van der Waals surface area contributed by atoms with Gasteiger partial charge in [-0.1, -0.05) is 12.8 Å². The summed E-state index contributed by atoms with van der Waals surface area (Å²) in [6.45, 7) is 1.19. The molecule has 1 saturated carbocycles. The van der Waals surface area contributed by atoms with Crippen LogP contribution in [-0.4, -0.2) is 25.7 Å². The number of piperidine rings is 1. The molecule has 0 spiro atoms. The van der Waals surface area contributed by atoms with Crippen molar-refractivity contribution in [3.05, 3.63) is 22.7 Å². The van der Waals surface area contributed by atoms with Crippen molar-refractivity contribution in [2.45, 2.75) is 50.6 Å². The van der Waals surface area contributed by atoms with Gasteiger partial charge in [0.25, 0.3) is 0 Å². The Kier molecular flexibility index (Phi) is 5.07. The van der Waals surface area contributed by atoms with Gasteiger partial charge in [-0.05, 0) is 66.2 Å². The van der Waals surface area contributed by atoms with Gasteiger partial charge in [-0.25, -0.2) is 0 Å². The van der Waals surface area contributed by atoms with Crippen LogP contribution in [0.2, 0.25) is 0 Å². The quantitative estimate of drug-likeness (QED) is 0.852. The summed E-state index contributed by atoms with van der Waals surface area (Å²) in [5, 5.41) is 7.49. The minimum atomic E-state index is 0.589. The smallest absolute Gasteiger partial charge is 0.135 e. The maximum Gasteiger partial charge on any atom is 0.135 e. The van der Waals surface area contributed by atoms with E-state index in [-0.39, 0.29) is 0 Å². The maximum atomic E-state index is 5.39. The molecule has 1 aliphatic carbocycles. The molecule has 2 fully saturated rings. The zero-order valence-corrected chi connectivity index (χ0v) is 14.3. The summed E-state index contributed by atoms with van der Waals surface area (Å²) in [7, 11) is 1.72. The molecule has 1 aromatic carbocycles. The summed E-state index contributed by atoms with van der Waals surface area (Å²) in [5.41, 5.74) is 1.17. The van der Waals surface area contributed by atoms with Gasteiger partial charge in [-0.15, -0.1) is 0 Å². The summed E-state index contributed by atoms with van der Waals surface area (Å²) in [6.07, 6.45) is 8.03. The molecule has 0 bridgehead atoms. The number of hydrogen-bond acceptors (Lipinski definition) is 3. The van der Waals surface area contributed by atoms with Crippen LogP contribution in [0.3, 0.4) is 0 Å². The summed E-state index contributed by atoms with van der Waals surface area (Å²) < 4.78 is 6.40. The van der Waals surface area contributed by atoms with Crippen LogP contribution in [0.25, 0.3) is 0 Å². The molecule has 4 heteroatoms. The van der Waals surface area contributed by atoms with Crippen molar-refractivity contribution in [3.8, 4) is 5.75 Å². The number of benzene rings is 1. The number of hydrogen-bond donors (Lipinski definition) is 2. The number of anilines is 1. The number of halogens is 1. The van der Waals surface area contributed by atoms with E-state index in [0.717, 1.165) is 16.1 Å². The van der Waals surface area contributed by atoms with Gasteiger partial charge < -0.3 is 15.4 Å². The van der Waals surface area contributed by atoms with Crippen LogP contribution in [0.15, 0.2) is 22.7 Å². The lowest BCUT2D eigenvalue weighted by molar-refractivity contribution is 0.286. The van der Waals surface area contributed by atoms with Crippen LogP contribution in [0.1, 0.15) is 38.5 Å². The first kappa shape index (κ1) is 15.2. The molecule has 1 aliphatic heterocycles. The Bertz CT molecular complexity index is 474. The van der Waals surface area contributed by atoms with Gasteiger partial charge in [0.1, 0.15) is 5.75 Å². The van der Waals surface area contributed by atoms with E-state index in [1.807, 2.05) is 0 Å². The third kappa shape index (κ3) is 3.54. The van der Waals surface area contributed by atoms with Crippen LogP contribution in [0, 0.1) is 5.92 Å². The minimum absolute atomic E-state index is 0.589. The first-order chi connectivity index (χ1) is 10.3. The minimum Gasteiger partial charge on any atom is -0.495 e. The second-order valence-electron chi connectivity index (χ2n) is 6.25. The number of rotatable bonds is 4. The van der Waals surface area contributed by atoms with E-state index in [0.29, 0.717) is 12.1 Å². The van der Waals surface area contributed by atoms with Gasteiger partial charge in [-0.2, -0.15) is 0 Å². The summed E-state index contributed by atoms with van der Waals surface area (Å²) >= 11 is 3.51. The number of ether oxygens (including phenoxy) is 1. The molecule has 2 N–H and O–H groups in total.